The number of ether oxygens (including phenoxy) is 2. The van der Waals surface area contributed by atoms with Crippen molar-refractivity contribution < 1.29 is 14.3 Å². The first kappa shape index (κ1) is 14.7. The predicted octanol–water partition coefficient (Wildman–Crippen LogP) is 1.56. The first-order valence-electron chi connectivity index (χ1n) is 6.90. The summed E-state index contributed by atoms with van der Waals surface area (Å²) in [7, 11) is 3.12. The van der Waals surface area contributed by atoms with Gasteiger partial charge in [0.1, 0.15) is 11.5 Å². The normalized spacial score (nSPS) is 21.6. The highest BCUT2D eigenvalue weighted by atomic mass is 16.5. The zero-order valence-electron chi connectivity index (χ0n) is 12.0. The van der Waals surface area contributed by atoms with E-state index in [1.807, 2.05) is 0 Å². The maximum atomic E-state index is 12.3. The molecule has 110 valence electrons. The zero-order valence-corrected chi connectivity index (χ0v) is 12.0. The molecule has 1 saturated carbocycles. The maximum Gasteiger partial charge on any atom is 0.255 e. The van der Waals surface area contributed by atoms with Crippen LogP contribution in [0.1, 0.15) is 29.6 Å². The Kier molecular flexibility index (Phi) is 4.84. The van der Waals surface area contributed by atoms with E-state index in [2.05, 4.69) is 5.32 Å². The average molecular weight is 278 g/mol. The Labute approximate surface area is 119 Å². The molecular formula is C15H22N2O3. The second-order valence-electron chi connectivity index (χ2n) is 5.22. The van der Waals surface area contributed by atoms with Crippen LogP contribution in [0.2, 0.25) is 0 Å². The van der Waals surface area contributed by atoms with Crippen LogP contribution in [0.15, 0.2) is 18.2 Å². The van der Waals surface area contributed by atoms with Crippen molar-refractivity contribution in [2.75, 3.05) is 20.8 Å². The summed E-state index contributed by atoms with van der Waals surface area (Å²) < 4.78 is 10.4. The molecule has 0 aliphatic heterocycles. The van der Waals surface area contributed by atoms with Crippen LogP contribution in [-0.2, 0) is 0 Å². The summed E-state index contributed by atoms with van der Waals surface area (Å²) in [6, 6.07) is 5.47. The van der Waals surface area contributed by atoms with Gasteiger partial charge in [-0.25, -0.2) is 0 Å². The van der Waals surface area contributed by atoms with Gasteiger partial charge in [-0.3, -0.25) is 4.79 Å². The van der Waals surface area contributed by atoms with Gasteiger partial charge in [-0.15, -0.1) is 0 Å². The van der Waals surface area contributed by atoms with E-state index < -0.39 is 0 Å². The minimum absolute atomic E-state index is 0.138. The van der Waals surface area contributed by atoms with E-state index >= 15 is 0 Å². The van der Waals surface area contributed by atoms with Gasteiger partial charge < -0.3 is 20.5 Å². The SMILES string of the molecule is COc1ccc(OC)c(C(=O)NCC2CCC(N)C2)c1. The number of methoxy groups -OCH3 is 2. The van der Waals surface area contributed by atoms with Gasteiger partial charge >= 0.3 is 0 Å². The standard InChI is InChI=1S/C15H22N2O3/c1-19-12-5-6-14(20-2)13(8-12)15(18)17-9-10-3-4-11(16)7-10/h5-6,8,10-11H,3-4,7,9,16H2,1-2H3,(H,17,18). The predicted molar refractivity (Wildman–Crippen MR) is 77.2 cm³/mol. The third-order valence-corrected chi connectivity index (χ3v) is 3.78. The van der Waals surface area contributed by atoms with Gasteiger partial charge in [-0.05, 0) is 43.4 Å². The van der Waals surface area contributed by atoms with Crippen LogP contribution in [-0.4, -0.2) is 32.7 Å². The van der Waals surface area contributed by atoms with Crippen molar-refractivity contribution in [2.24, 2.45) is 11.7 Å². The molecule has 2 rings (SSSR count). The second kappa shape index (κ2) is 6.61. The van der Waals surface area contributed by atoms with Crippen molar-refractivity contribution in [2.45, 2.75) is 25.3 Å². The Morgan fingerprint density at radius 2 is 2.15 bits per heavy atom. The molecule has 20 heavy (non-hydrogen) atoms. The molecular weight excluding hydrogens is 256 g/mol. The molecule has 1 aliphatic carbocycles. The van der Waals surface area contributed by atoms with Crippen LogP contribution in [0.4, 0.5) is 0 Å². The number of carbonyl (C=O) groups is 1. The van der Waals surface area contributed by atoms with E-state index in [9.17, 15) is 4.79 Å². The van der Waals surface area contributed by atoms with Gasteiger partial charge in [0.05, 0.1) is 19.8 Å². The van der Waals surface area contributed by atoms with Crippen molar-refractivity contribution in [1.82, 2.24) is 5.32 Å². The highest BCUT2D eigenvalue weighted by molar-refractivity contribution is 5.97. The second-order valence-corrected chi connectivity index (χ2v) is 5.22. The topological polar surface area (TPSA) is 73.6 Å². The lowest BCUT2D eigenvalue weighted by atomic mass is 10.1. The number of rotatable bonds is 5. The van der Waals surface area contributed by atoms with E-state index in [1.165, 1.54) is 0 Å². The van der Waals surface area contributed by atoms with Crippen molar-refractivity contribution in [1.29, 1.82) is 0 Å². The van der Waals surface area contributed by atoms with Crippen molar-refractivity contribution in [3.8, 4) is 11.5 Å². The van der Waals surface area contributed by atoms with Crippen LogP contribution in [0.5, 0.6) is 11.5 Å². The Balaban J connectivity index is 2.00. The van der Waals surface area contributed by atoms with E-state index in [1.54, 1.807) is 32.4 Å². The summed E-state index contributed by atoms with van der Waals surface area (Å²) in [4.78, 5) is 12.3. The average Bonchev–Trinajstić information content (AvgIpc) is 2.89. The highest BCUT2D eigenvalue weighted by Crippen LogP contribution is 2.25. The molecule has 1 aliphatic rings. The fraction of sp³-hybridized carbons (Fsp3) is 0.533. The fourth-order valence-corrected chi connectivity index (χ4v) is 2.62. The summed E-state index contributed by atoms with van der Waals surface area (Å²) in [5.74, 6) is 1.53. The number of hydrogen-bond acceptors (Lipinski definition) is 4. The van der Waals surface area contributed by atoms with E-state index in [4.69, 9.17) is 15.2 Å². The third-order valence-electron chi connectivity index (χ3n) is 3.78. The maximum absolute atomic E-state index is 12.3. The van der Waals surface area contributed by atoms with Crippen molar-refractivity contribution >= 4 is 5.91 Å². The first-order valence-corrected chi connectivity index (χ1v) is 6.90. The molecule has 3 N–H and O–H groups in total. The van der Waals surface area contributed by atoms with Crippen molar-refractivity contribution in [3.05, 3.63) is 23.8 Å². The summed E-state index contributed by atoms with van der Waals surface area (Å²) in [6.45, 7) is 0.660. The van der Waals surface area contributed by atoms with E-state index in [-0.39, 0.29) is 11.9 Å². The first-order chi connectivity index (χ1) is 9.63. The molecule has 0 saturated heterocycles. The summed E-state index contributed by atoms with van der Waals surface area (Å²) >= 11 is 0. The molecule has 0 spiro atoms. The lowest BCUT2D eigenvalue weighted by molar-refractivity contribution is 0.0944. The number of carbonyl (C=O) groups excluding carboxylic acids is 1. The van der Waals surface area contributed by atoms with Crippen molar-refractivity contribution in [3.63, 3.8) is 0 Å². The quantitative estimate of drug-likeness (QED) is 0.857. The molecule has 0 aromatic heterocycles. The van der Waals surface area contributed by atoms with Crippen LogP contribution in [0.25, 0.3) is 0 Å². The number of benzene rings is 1. The van der Waals surface area contributed by atoms with Crippen LogP contribution < -0.4 is 20.5 Å². The van der Waals surface area contributed by atoms with Gasteiger partial charge in [0, 0.05) is 12.6 Å². The molecule has 1 amide bonds. The highest BCUT2D eigenvalue weighted by Gasteiger charge is 2.22. The number of hydrogen-bond donors (Lipinski definition) is 2. The minimum Gasteiger partial charge on any atom is -0.497 e. The molecule has 0 radical (unpaired) electrons. The largest absolute Gasteiger partial charge is 0.497 e. The Morgan fingerprint density at radius 1 is 1.35 bits per heavy atom. The molecule has 1 fully saturated rings. The van der Waals surface area contributed by atoms with E-state index in [0.29, 0.717) is 29.5 Å². The molecule has 1 aromatic rings. The lowest BCUT2D eigenvalue weighted by Crippen LogP contribution is -2.29. The molecule has 5 heteroatoms. The number of amides is 1. The molecule has 2 unspecified atom stereocenters. The lowest BCUT2D eigenvalue weighted by Gasteiger charge is -2.13. The Morgan fingerprint density at radius 3 is 2.75 bits per heavy atom. The molecule has 0 bridgehead atoms. The smallest absolute Gasteiger partial charge is 0.255 e. The summed E-state index contributed by atoms with van der Waals surface area (Å²) in [5.41, 5.74) is 6.37. The molecule has 5 nitrogen and oxygen atoms in total. The third kappa shape index (κ3) is 3.42. The molecule has 0 heterocycles. The number of nitrogens with one attached hydrogen (secondary N) is 1. The van der Waals surface area contributed by atoms with Gasteiger partial charge in [-0.1, -0.05) is 0 Å². The van der Waals surface area contributed by atoms with Gasteiger partial charge in [0.25, 0.3) is 5.91 Å². The van der Waals surface area contributed by atoms with E-state index in [0.717, 1.165) is 19.3 Å². The van der Waals surface area contributed by atoms with Gasteiger partial charge in [-0.2, -0.15) is 0 Å². The molecule has 2 atom stereocenters. The summed E-state index contributed by atoms with van der Waals surface area (Å²) in [5, 5.41) is 2.96. The van der Waals surface area contributed by atoms with Gasteiger partial charge in [0.15, 0.2) is 0 Å². The zero-order chi connectivity index (χ0) is 14.5. The Bertz CT molecular complexity index is 476. The fourth-order valence-electron chi connectivity index (χ4n) is 2.62. The number of nitrogens with two attached hydrogens (primary N) is 1. The van der Waals surface area contributed by atoms with Gasteiger partial charge in [0.2, 0.25) is 0 Å². The minimum atomic E-state index is -0.138. The van der Waals surface area contributed by atoms with Crippen LogP contribution in [0, 0.1) is 5.92 Å². The Hall–Kier alpha value is -1.75. The molecule has 1 aromatic carbocycles. The monoisotopic (exact) mass is 278 g/mol. The van der Waals surface area contributed by atoms with Crippen LogP contribution >= 0.6 is 0 Å². The van der Waals surface area contributed by atoms with Crippen LogP contribution in [0.3, 0.4) is 0 Å². The summed E-state index contributed by atoms with van der Waals surface area (Å²) in [6.07, 6.45) is 3.11.